The van der Waals surface area contributed by atoms with E-state index >= 15 is 0 Å². The minimum absolute atomic E-state index is 0.823. The standard InChI is InChI=1S/C14H15N3/c1-10-8-13(9-11(2)14(10)15)17-16-12-6-4-3-5-7-12/h3-9H,15H2,1-2H3. The van der Waals surface area contributed by atoms with Crippen LogP contribution in [0.25, 0.3) is 0 Å². The molecule has 0 aliphatic rings. The highest BCUT2D eigenvalue weighted by Gasteiger charge is 2.00. The predicted octanol–water partition coefficient (Wildman–Crippen LogP) is 4.30. The van der Waals surface area contributed by atoms with Crippen LogP contribution < -0.4 is 5.73 Å². The molecule has 0 bridgehead atoms. The lowest BCUT2D eigenvalue weighted by atomic mass is 10.1. The third-order valence-electron chi connectivity index (χ3n) is 2.62. The Bertz CT molecular complexity index is 522. The third kappa shape index (κ3) is 2.69. The number of aryl methyl sites for hydroxylation is 2. The first-order valence-electron chi connectivity index (χ1n) is 5.50. The van der Waals surface area contributed by atoms with Crippen LogP contribution in [0.15, 0.2) is 52.7 Å². The minimum Gasteiger partial charge on any atom is -0.398 e. The maximum atomic E-state index is 5.89. The van der Waals surface area contributed by atoms with Gasteiger partial charge in [-0.15, -0.1) is 0 Å². The van der Waals surface area contributed by atoms with Crippen molar-refractivity contribution in [3.63, 3.8) is 0 Å². The average Bonchev–Trinajstić information content (AvgIpc) is 2.34. The summed E-state index contributed by atoms with van der Waals surface area (Å²) in [6, 6.07) is 13.5. The van der Waals surface area contributed by atoms with Gasteiger partial charge in [0, 0.05) is 5.69 Å². The van der Waals surface area contributed by atoms with Gasteiger partial charge in [0.05, 0.1) is 11.4 Å². The van der Waals surface area contributed by atoms with Crippen LogP contribution in [0.4, 0.5) is 17.1 Å². The van der Waals surface area contributed by atoms with E-state index in [0.717, 1.165) is 28.2 Å². The Kier molecular flexibility index (Phi) is 3.19. The molecule has 3 heteroatoms. The van der Waals surface area contributed by atoms with Crippen molar-refractivity contribution in [2.45, 2.75) is 13.8 Å². The second-order valence-electron chi connectivity index (χ2n) is 4.03. The summed E-state index contributed by atoms with van der Waals surface area (Å²) < 4.78 is 0. The maximum absolute atomic E-state index is 5.89. The first-order chi connectivity index (χ1) is 8.16. The molecule has 0 fully saturated rings. The summed E-state index contributed by atoms with van der Waals surface area (Å²) in [4.78, 5) is 0. The van der Waals surface area contributed by atoms with Crippen LogP contribution in [0.5, 0.6) is 0 Å². The van der Waals surface area contributed by atoms with Crippen LogP contribution in [0, 0.1) is 13.8 Å². The molecule has 2 N–H and O–H groups in total. The largest absolute Gasteiger partial charge is 0.398 e. The van der Waals surface area contributed by atoms with Gasteiger partial charge in [-0.2, -0.15) is 10.2 Å². The fourth-order valence-corrected chi connectivity index (χ4v) is 1.62. The van der Waals surface area contributed by atoms with Crippen LogP contribution >= 0.6 is 0 Å². The lowest BCUT2D eigenvalue weighted by Crippen LogP contribution is -1.92. The lowest BCUT2D eigenvalue weighted by molar-refractivity contribution is 1.22. The zero-order chi connectivity index (χ0) is 12.3. The minimum atomic E-state index is 0.823. The van der Waals surface area contributed by atoms with Crippen molar-refractivity contribution in [1.82, 2.24) is 0 Å². The molecule has 0 saturated carbocycles. The van der Waals surface area contributed by atoms with Crippen molar-refractivity contribution >= 4 is 17.1 Å². The van der Waals surface area contributed by atoms with E-state index < -0.39 is 0 Å². The average molecular weight is 225 g/mol. The molecule has 0 unspecified atom stereocenters. The van der Waals surface area contributed by atoms with Crippen molar-refractivity contribution < 1.29 is 0 Å². The van der Waals surface area contributed by atoms with Gasteiger partial charge in [0.15, 0.2) is 0 Å². The van der Waals surface area contributed by atoms with Crippen LogP contribution in [0.1, 0.15) is 11.1 Å². The van der Waals surface area contributed by atoms with E-state index in [1.165, 1.54) is 0 Å². The van der Waals surface area contributed by atoms with Gasteiger partial charge in [0.2, 0.25) is 0 Å². The highest BCUT2D eigenvalue weighted by molar-refractivity contribution is 5.59. The Hall–Kier alpha value is -2.16. The number of rotatable bonds is 2. The Morgan fingerprint density at radius 2 is 1.35 bits per heavy atom. The molecule has 0 aliphatic carbocycles. The van der Waals surface area contributed by atoms with Crippen molar-refractivity contribution in [2.24, 2.45) is 10.2 Å². The lowest BCUT2D eigenvalue weighted by Gasteiger charge is -2.04. The summed E-state index contributed by atoms with van der Waals surface area (Å²) in [5, 5.41) is 8.38. The van der Waals surface area contributed by atoms with Crippen LogP contribution in [0.2, 0.25) is 0 Å². The van der Waals surface area contributed by atoms with Crippen molar-refractivity contribution in [2.75, 3.05) is 5.73 Å². The SMILES string of the molecule is Cc1cc(N=Nc2ccccc2)cc(C)c1N. The van der Waals surface area contributed by atoms with Crippen molar-refractivity contribution in [3.8, 4) is 0 Å². The number of nitrogen functional groups attached to an aromatic ring is 1. The van der Waals surface area contributed by atoms with Gasteiger partial charge in [-0.25, -0.2) is 0 Å². The first-order valence-corrected chi connectivity index (χ1v) is 5.50. The Balaban J connectivity index is 2.28. The quantitative estimate of drug-likeness (QED) is 0.601. The number of nitrogens with two attached hydrogens (primary N) is 1. The van der Waals surface area contributed by atoms with Gasteiger partial charge in [0.1, 0.15) is 0 Å². The Morgan fingerprint density at radius 1 is 0.824 bits per heavy atom. The molecule has 2 rings (SSSR count). The summed E-state index contributed by atoms with van der Waals surface area (Å²) in [7, 11) is 0. The Morgan fingerprint density at radius 3 is 1.94 bits per heavy atom. The van der Waals surface area contributed by atoms with Gasteiger partial charge in [0.25, 0.3) is 0 Å². The molecule has 0 spiro atoms. The van der Waals surface area contributed by atoms with Gasteiger partial charge < -0.3 is 5.73 Å². The fraction of sp³-hybridized carbons (Fsp3) is 0.143. The van der Waals surface area contributed by atoms with E-state index in [0.29, 0.717) is 0 Å². The van der Waals surface area contributed by atoms with Crippen LogP contribution in [-0.4, -0.2) is 0 Å². The van der Waals surface area contributed by atoms with E-state index in [-0.39, 0.29) is 0 Å². The molecule has 0 heterocycles. The number of benzene rings is 2. The molecule has 0 radical (unpaired) electrons. The van der Waals surface area contributed by atoms with Gasteiger partial charge in [-0.3, -0.25) is 0 Å². The van der Waals surface area contributed by atoms with Gasteiger partial charge in [-0.1, -0.05) is 18.2 Å². The number of azo groups is 1. The zero-order valence-electron chi connectivity index (χ0n) is 10.0. The normalized spacial score (nSPS) is 10.9. The van der Waals surface area contributed by atoms with Crippen molar-refractivity contribution in [3.05, 3.63) is 53.6 Å². The topological polar surface area (TPSA) is 50.7 Å². The molecule has 0 aliphatic heterocycles. The van der Waals surface area contributed by atoms with Gasteiger partial charge in [-0.05, 0) is 49.2 Å². The number of nitrogens with zero attached hydrogens (tertiary/aromatic N) is 2. The third-order valence-corrected chi connectivity index (χ3v) is 2.62. The molecule has 0 amide bonds. The van der Waals surface area contributed by atoms with E-state index in [2.05, 4.69) is 10.2 Å². The number of anilines is 1. The number of hydrogen-bond acceptors (Lipinski definition) is 3. The molecule has 0 atom stereocenters. The van der Waals surface area contributed by atoms with Crippen LogP contribution in [-0.2, 0) is 0 Å². The molecule has 0 saturated heterocycles. The van der Waals surface area contributed by atoms with E-state index in [4.69, 9.17) is 5.73 Å². The van der Waals surface area contributed by atoms with Crippen LogP contribution in [0.3, 0.4) is 0 Å². The molecule has 2 aromatic carbocycles. The maximum Gasteiger partial charge on any atom is 0.0863 e. The summed E-state index contributed by atoms with van der Waals surface area (Å²) in [5.74, 6) is 0. The van der Waals surface area contributed by atoms with Crippen molar-refractivity contribution in [1.29, 1.82) is 0 Å². The Labute approximate surface area is 101 Å². The van der Waals surface area contributed by atoms with E-state index in [1.807, 2.05) is 56.3 Å². The summed E-state index contributed by atoms with van der Waals surface area (Å²) >= 11 is 0. The smallest absolute Gasteiger partial charge is 0.0863 e. The molecule has 0 aromatic heterocycles. The summed E-state index contributed by atoms with van der Waals surface area (Å²) in [6.45, 7) is 3.95. The monoisotopic (exact) mass is 225 g/mol. The fourth-order valence-electron chi connectivity index (χ4n) is 1.62. The molecule has 86 valence electrons. The second kappa shape index (κ2) is 4.78. The predicted molar refractivity (Wildman–Crippen MR) is 70.9 cm³/mol. The molecular weight excluding hydrogens is 210 g/mol. The molecule has 17 heavy (non-hydrogen) atoms. The molecule has 2 aromatic rings. The van der Waals surface area contributed by atoms with E-state index in [9.17, 15) is 0 Å². The van der Waals surface area contributed by atoms with Gasteiger partial charge >= 0.3 is 0 Å². The first kappa shape index (κ1) is 11.3. The summed E-state index contributed by atoms with van der Waals surface area (Å²) in [5.41, 5.74) is 10.5. The highest BCUT2D eigenvalue weighted by Crippen LogP contribution is 2.25. The number of hydrogen-bond donors (Lipinski definition) is 1. The zero-order valence-corrected chi connectivity index (χ0v) is 10.0. The second-order valence-corrected chi connectivity index (χ2v) is 4.03. The molecular formula is C14H15N3. The van der Waals surface area contributed by atoms with E-state index in [1.54, 1.807) is 0 Å². The summed E-state index contributed by atoms with van der Waals surface area (Å²) in [6.07, 6.45) is 0. The molecule has 3 nitrogen and oxygen atoms in total. The highest BCUT2D eigenvalue weighted by atomic mass is 15.1.